The average Bonchev–Trinajstić information content (AvgIpc) is 2.94. The van der Waals surface area contributed by atoms with Crippen LogP contribution in [0.4, 0.5) is 5.95 Å². The Morgan fingerprint density at radius 2 is 2.04 bits per heavy atom. The summed E-state index contributed by atoms with van der Waals surface area (Å²) in [4.78, 5) is 17.0. The monoisotopic (exact) mass is 376 g/mol. The molecule has 0 spiro atoms. The standard InChI is InChI=1S/C16H16N4O3S2/c1-24-13-5-3-4-11(8-13)12-6-7-14-17-16(19-20(14)9-12)18-15(21)10-25(2,22)23/h3-9H,10H2,1-2H3,(H,18,19,21). The molecule has 9 heteroatoms. The van der Waals surface area contributed by atoms with Crippen molar-refractivity contribution >= 4 is 39.1 Å². The second-order valence-corrected chi connectivity index (χ2v) is 8.53. The first kappa shape index (κ1) is 17.4. The van der Waals surface area contributed by atoms with E-state index in [1.165, 1.54) is 0 Å². The molecule has 0 aliphatic rings. The molecule has 2 aromatic heterocycles. The first-order valence-corrected chi connectivity index (χ1v) is 10.6. The average molecular weight is 376 g/mol. The number of carbonyl (C=O) groups excluding carboxylic acids is 1. The first-order chi connectivity index (χ1) is 11.8. The van der Waals surface area contributed by atoms with Crippen LogP contribution in [0.5, 0.6) is 0 Å². The number of hydrogen-bond donors (Lipinski definition) is 1. The molecule has 0 saturated carbocycles. The van der Waals surface area contributed by atoms with Gasteiger partial charge in [-0.1, -0.05) is 12.1 Å². The van der Waals surface area contributed by atoms with Gasteiger partial charge in [-0.05, 0) is 36.1 Å². The second-order valence-electron chi connectivity index (χ2n) is 5.51. The van der Waals surface area contributed by atoms with Crippen molar-refractivity contribution in [2.24, 2.45) is 0 Å². The lowest BCUT2D eigenvalue weighted by Crippen LogP contribution is -2.22. The summed E-state index contributed by atoms with van der Waals surface area (Å²) in [5.74, 6) is -1.19. The van der Waals surface area contributed by atoms with Gasteiger partial charge in [-0.3, -0.25) is 10.1 Å². The minimum absolute atomic E-state index is 0.0728. The maximum absolute atomic E-state index is 11.7. The molecule has 1 aromatic carbocycles. The first-order valence-electron chi connectivity index (χ1n) is 7.32. The third-order valence-corrected chi connectivity index (χ3v) is 4.89. The van der Waals surface area contributed by atoms with E-state index < -0.39 is 21.5 Å². The normalized spacial score (nSPS) is 11.6. The summed E-state index contributed by atoms with van der Waals surface area (Å²) in [7, 11) is -3.40. The number of amides is 1. The lowest BCUT2D eigenvalue weighted by molar-refractivity contribution is -0.113. The summed E-state index contributed by atoms with van der Waals surface area (Å²) < 4.78 is 23.9. The predicted octanol–water partition coefficient (Wildman–Crippen LogP) is 2.10. The van der Waals surface area contributed by atoms with E-state index in [2.05, 4.69) is 21.5 Å². The van der Waals surface area contributed by atoms with Crippen LogP contribution in [0.25, 0.3) is 16.8 Å². The van der Waals surface area contributed by atoms with Crippen LogP contribution < -0.4 is 5.32 Å². The molecule has 0 fully saturated rings. The zero-order valence-electron chi connectivity index (χ0n) is 13.6. The lowest BCUT2D eigenvalue weighted by atomic mass is 10.1. The molecule has 7 nitrogen and oxygen atoms in total. The number of rotatable bonds is 5. The van der Waals surface area contributed by atoms with Crippen LogP contribution in [0.2, 0.25) is 0 Å². The lowest BCUT2D eigenvalue weighted by Gasteiger charge is -2.04. The van der Waals surface area contributed by atoms with Gasteiger partial charge in [0.1, 0.15) is 5.75 Å². The van der Waals surface area contributed by atoms with E-state index in [9.17, 15) is 13.2 Å². The van der Waals surface area contributed by atoms with Crippen LogP contribution in [-0.4, -0.2) is 47.2 Å². The largest absolute Gasteiger partial charge is 0.292 e. The molecule has 0 radical (unpaired) electrons. The Morgan fingerprint density at radius 1 is 1.24 bits per heavy atom. The third-order valence-electron chi connectivity index (χ3n) is 3.38. The second kappa shape index (κ2) is 6.85. The summed E-state index contributed by atoms with van der Waals surface area (Å²) in [6, 6.07) is 11.8. The Morgan fingerprint density at radius 3 is 2.76 bits per heavy atom. The number of thioether (sulfide) groups is 1. The molecule has 3 aromatic rings. The maximum atomic E-state index is 11.7. The number of pyridine rings is 1. The van der Waals surface area contributed by atoms with Gasteiger partial charge in [0.25, 0.3) is 0 Å². The SMILES string of the molecule is CSc1cccc(-c2ccc3nc(NC(=O)CS(C)(=O)=O)nn3c2)c1. The number of benzene rings is 1. The number of carbonyl (C=O) groups is 1. The smallest absolute Gasteiger partial charge is 0.249 e. The highest BCUT2D eigenvalue weighted by Crippen LogP contribution is 2.24. The van der Waals surface area contributed by atoms with Crippen molar-refractivity contribution in [3.05, 3.63) is 42.6 Å². The molecule has 130 valence electrons. The van der Waals surface area contributed by atoms with E-state index in [0.29, 0.717) is 5.65 Å². The maximum Gasteiger partial charge on any atom is 0.249 e. The van der Waals surface area contributed by atoms with Crippen molar-refractivity contribution in [2.75, 3.05) is 23.6 Å². The molecule has 0 aliphatic heterocycles. The van der Waals surface area contributed by atoms with Crippen LogP contribution >= 0.6 is 11.8 Å². The van der Waals surface area contributed by atoms with Crippen LogP contribution in [0.15, 0.2) is 47.5 Å². The highest BCUT2D eigenvalue weighted by atomic mass is 32.2. The van der Waals surface area contributed by atoms with E-state index >= 15 is 0 Å². The molecule has 1 amide bonds. The van der Waals surface area contributed by atoms with E-state index in [1.807, 2.05) is 36.7 Å². The Hall–Kier alpha value is -2.39. The molecule has 0 aliphatic carbocycles. The fourth-order valence-electron chi connectivity index (χ4n) is 2.31. The summed E-state index contributed by atoms with van der Waals surface area (Å²) >= 11 is 1.67. The molecule has 0 saturated heterocycles. The van der Waals surface area contributed by atoms with Gasteiger partial charge in [-0.25, -0.2) is 12.9 Å². The van der Waals surface area contributed by atoms with E-state index in [4.69, 9.17) is 0 Å². The molecular weight excluding hydrogens is 360 g/mol. The van der Waals surface area contributed by atoms with Crippen molar-refractivity contribution in [3.8, 4) is 11.1 Å². The van der Waals surface area contributed by atoms with Crippen LogP contribution in [0, 0.1) is 0 Å². The molecule has 3 rings (SSSR count). The van der Waals surface area contributed by atoms with Gasteiger partial charge in [0, 0.05) is 22.9 Å². The van der Waals surface area contributed by atoms with E-state index in [0.717, 1.165) is 22.3 Å². The van der Waals surface area contributed by atoms with Crippen LogP contribution in [-0.2, 0) is 14.6 Å². The van der Waals surface area contributed by atoms with Crippen LogP contribution in [0.3, 0.4) is 0 Å². The molecule has 0 atom stereocenters. The van der Waals surface area contributed by atoms with Gasteiger partial charge in [0.05, 0.1) is 0 Å². The van der Waals surface area contributed by atoms with Crippen molar-refractivity contribution in [1.29, 1.82) is 0 Å². The Labute approximate surface area is 149 Å². The molecule has 0 bridgehead atoms. The summed E-state index contributed by atoms with van der Waals surface area (Å²) in [6.07, 6.45) is 4.83. The molecular formula is C16H16N4O3S2. The van der Waals surface area contributed by atoms with Gasteiger partial charge in [-0.2, -0.15) is 4.98 Å². The molecule has 2 heterocycles. The Kier molecular flexibility index (Phi) is 4.78. The molecule has 1 N–H and O–H groups in total. The zero-order chi connectivity index (χ0) is 18.0. The number of fused-ring (bicyclic) bond motifs is 1. The van der Waals surface area contributed by atoms with Crippen molar-refractivity contribution < 1.29 is 13.2 Å². The van der Waals surface area contributed by atoms with Gasteiger partial charge >= 0.3 is 0 Å². The number of nitrogens with zero attached hydrogens (tertiary/aromatic N) is 3. The number of aromatic nitrogens is 3. The quantitative estimate of drug-likeness (QED) is 0.686. The fraction of sp³-hybridized carbons (Fsp3) is 0.188. The van der Waals surface area contributed by atoms with Gasteiger partial charge in [0.15, 0.2) is 15.5 Å². The van der Waals surface area contributed by atoms with Gasteiger partial charge in [0.2, 0.25) is 11.9 Å². The van der Waals surface area contributed by atoms with Crippen LogP contribution in [0.1, 0.15) is 0 Å². The van der Waals surface area contributed by atoms with Gasteiger partial charge < -0.3 is 0 Å². The highest BCUT2D eigenvalue weighted by Gasteiger charge is 2.13. The predicted molar refractivity (Wildman–Crippen MR) is 98.5 cm³/mol. The minimum Gasteiger partial charge on any atom is -0.292 e. The molecule has 25 heavy (non-hydrogen) atoms. The summed E-state index contributed by atoms with van der Waals surface area (Å²) in [5.41, 5.74) is 2.56. The number of anilines is 1. The Bertz CT molecular complexity index is 1040. The highest BCUT2D eigenvalue weighted by molar-refractivity contribution is 7.98. The number of hydrogen-bond acceptors (Lipinski definition) is 6. The van der Waals surface area contributed by atoms with Crippen molar-refractivity contribution in [2.45, 2.75) is 4.90 Å². The van der Waals surface area contributed by atoms with Crippen molar-refractivity contribution in [3.63, 3.8) is 0 Å². The zero-order valence-corrected chi connectivity index (χ0v) is 15.3. The molecule has 0 unspecified atom stereocenters. The number of nitrogens with one attached hydrogen (secondary N) is 1. The van der Waals surface area contributed by atoms with E-state index in [-0.39, 0.29) is 5.95 Å². The Balaban J connectivity index is 1.87. The minimum atomic E-state index is -3.40. The third kappa shape index (κ3) is 4.37. The summed E-state index contributed by atoms with van der Waals surface area (Å²) in [5, 5.41) is 6.59. The fourth-order valence-corrected chi connectivity index (χ4v) is 3.32. The topological polar surface area (TPSA) is 93.4 Å². The van der Waals surface area contributed by atoms with E-state index in [1.54, 1.807) is 22.3 Å². The number of sulfone groups is 1. The summed E-state index contributed by atoms with van der Waals surface area (Å²) in [6.45, 7) is 0. The van der Waals surface area contributed by atoms with Gasteiger partial charge in [-0.15, -0.1) is 16.9 Å². The van der Waals surface area contributed by atoms with Crippen molar-refractivity contribution in [1.82, 2.24) is 14.6 Å².